The highest BCUT2D eigenvalue weighted by Crippen LogP contribution is 2.35. The van der Waals surface area contributed by atoms with Gasteiger partial charge in [-0.25, -0.2) is 0 Å². The Kier molecular flexibility index (Phi) is 5.83. The van der Waals surface area contributed by atoms with Gasteiger partial charge in [-0.1, -0.05) is 48.0 Å². The average Bonchev–Trinajstić information content (AvgIpc) is 2.90. The Morgan fingerprint density at radius 1 is 1.15 bits per heavy atom. The van der Waals surface area contributed by atoms with Gasteiger partial charge >= 0.3 is 0 Å². The van der Waals surface area contributed by atoms with E-state index in [1.165, 1.54) is 0 Å². The van der Waals surface area contributed by atoms with Crippen molar-refractivity contribution in [1.29, 1.82) is 0 Å². The molecule has 1 aliphatic heterocycles. The second-order valence-corrected chi connectivity index (χ2v) is 7.05. The van der Waals surface area contributed by atoms with Crippen LogP contribution >= 0.6 is 23.4 Å². The topological polar surface area (TPSA) is 89.7 Å². The molecule has 138 valence electrons. The van der Waals surface area contributed by atoms with Gasteiger partial charge in [-0.2, -0.15) is 0 Å². The van der Waals surface area contributed by atoms with E-state index in [9.17, 15) is 14.4 Å². The number of carbonyl (C=O) groups is 3. The fourth-order valence-corrected chi connectivity index (χ4v) is 3.48. The fraction of sp³-hybridized carbons (Fsp3) is 0.105. The molecule has 1 saturated heterocycles. The van der Waals surface area contributed by atoms with Gasteiger partial charge in [0.2, 0.25) is 0 Å². The van der Waals surface area contributed by atoms with Crippen molar-refractivity contribution in [2.75, 3.05) is 6.61 Å². The Morgan fingerprint density at radius 2 is 1.85 bits per heavy atom. The zero-order valence-corrected chi connectivity index (χ0v) is 15.6. The third-order valence-corrected chi connectivity index (χ3v) is 5.01. The number of benzene rings is 2. The summed E-state index contributed by atoms with van der Waals surface area (Å²) in [4.78, 5) is 37.3. The molecule has 1 aliphatic rings. The minimum absolute atomic E-state index is 0.0987. The summed E-state index contributed by atoms with van der Waals surface area (Å²) in [5, 5.41) is 0.118. The highest BCUT2D eigenvalue weighted by atomic mass is 35.5. The maximum Gasteiger partial charge on any atom is 0.293 e. The van der Waals surface area contributed by atoms with Gasteiger partial charge in [-0.3, -0.25) is 19.3 Å². The van der Waals surface area contributed by atoms with Gasteiger partial charge in [0.25, 0.3) is 17.1 Å². The van der Waals surface area contributed by atoms with Gasteiger partial charge in [0.05, 0.1) is 11.4 Å². The Hall–Kier alpha value is -2.77. The van der Waals surface area contributed by atoms with E-state index in [4.69, 9.17) is 22.1 Å². The minimum atomic E-state index is -0.607. The van der Waals surface area contributed by atoms with E-state index in [0.717, 1.165) is 16.7 Å². The van der Waals surface area contributed by atoms with Crippen molar-refractivity contribution in [3.63, 3.8) is 0 Å². The van der Waals surface area contributed by atoms with Crippen LogP contribution in [0.2, 0.25) is 5.02 Å². The number of imide groups is 1. The molecule has 8 heteroatoms. The number of para-hydroxylation sites is 1. The lowest BCUT2D eigenvalue weighted by Crippen LogP contribution is -2.27. The number of amides is 3. The van der Waals surface area contributed by atoms with Crippen LogP contribution in [0.5, 0.6) is 5.75 Å². The molecule has 2 N–H and O–H groups in total. The summed E-state index contributed by atoms with van der Waals surface area (Å²) in [5.41, 5.74) is 6.36. The molecule has 0 aliphatic carbocycles. The van der Waals surface area contributed by atoms with Gasteiger partial charge in [0, 0.05) is 10.6 Å². The highest BCUT2D eigenvalue weighted by molar-refractivity contribution is 8.18. The van der Waals surface area contributed by atoms with Crippen LogP contribution in [-0.2, 0) is 16.1 Å². The summed E-state index contributed by atoms with van der Waals surface area (Å²) in [6.45, 7) is -0.180. The number of carbonyl (C=O) groups excluding carboxylic acids is 3. The summed E-state index contributed by atoms with van der Waals surface area (Å²) < 4.78 is 5.35. The predicted octanol–water partition coefficient (Wildman–Crippen LogP) is 3.44. The first kappa shape index (κ1) is 19.0. The number of hydrogen-bond donors (Lipinski definition) is 1. The first-order valence-electron chi connectivity index (χ1n) is 7.94. The monoisotopic (exact) mass is 402 g/mol. The van der Waals surface area contributed by atoms with Gasteiger partial charge in [-0.15, -0.1) is 0 Å². The molecular weight excluding hydrogens is 388 g/mol. The maximum atomic E-state index is 12.7. The van der Waals surface area contributed by atoms with E-state index in [-0.39, 0.29) is 23.3 Å². The fourth-order valence-electron chi connectivity index (χ4n) is 2.45. The number of nitrogens with zero attached hydrogens (tertiary/aromatic N) is 1. The number of ether oxygens (including phenoxy) is 1. The Balaban J connectivity index is 1.83. The first-order valence-corrected chi connectivity index (χ1v) is 9.14. The molecule has 0 radical (unpaired) electrons. The van der Waals surface area contributed by atoms with E-state index in [1.807, 2.05) is 0 Å². The lowest BCUT2D eigenvalue weighted by atomic mass is 10.1. The SMILES string of the molecule is NC(=O)COc1ccccc1/C=C1/SC(=O)N(Cc2ccccc2Cl)C1=O. The number of rotatable bonds is 6. The first-order chi connectivity index (χ1) is 13.0. The largest absolute Gasteiger partial charge is 0.483 e. The summed E-state index contributed by atoms with van der Waals surface area (Å²) in [5.74, 6) is -0.617. The van der Waals surface area contributed by atoms with Crippen molar-refractivity contribution < 1.29 is 19.1 Å². The van der Waals surface area contributed by atoms with Crippen LogP contribution in [0.4, 0.5) is 4.79 Å². The number of thioether (sulfide) groups is 1. The number of primary amides is 1. The maximum absolute atomic E-state index is 12.7. The van der Waals surface area contributed by atoms with Crippen molar-refractivity contribution in [2.24, 2.45) is 5.73 Å². The van der Waals surface area contributed by atoms with E-state index in [2.05, 4.69) is 0 Å². The molecule has 0 saturated carbocycles. The van der Waals surface area contributed by atoms with Crippen LogP contribution < -0.4 is 10.5 Å². The number of hydrogen-bond acceptors (Lipinski definition) is 5. The average molecular weight is 403 g/mol. The van der Waals surface area contributed by atoms with Crippen LogP contribution in [0.3, 0.4) is 0 Å². The van der Waals surface area contributed by atoms with Crippen LogP contribution in [0, 0.1) is 0 Å². The molecule has 27 heavy (non-hydrogen) atoms. The summed E-state index contributed by atoms with van der Waals surface area (Å²) in [6.07, 6.45) is 1.56. The van der Waals surface area contributed by atoms with Crippen LogP contribution in [-0.4, -0.2) is 28.6 Å². The molecule has 0 bridgehead atoms. The number of nitrogens with two attached hydrogens (primary N) is 1. The van der Waals surface area contributed by atoms with Gasteiger partial charge < -0.3 is 10.5 Å². The summed E-state index contributed by atoms with van der Waals surface area (Å²) >= 11 is 6.96. The molecule has 1 heterocycles. The third kappa shape index (κ3) is 4.50. The van der Waals surface area contributed by atoms with Gasteiger partial charge in [0.15, 0.2) is 6.61 Å². The molecular formula is C19H15ClN2O4S. The molecule has 6 nitrogen and oxygen atoms in total. The van der Waals surface area contributed by atoms with E-state index in [1.54, 1.807) is 54.6 Å². The smallest absolute Gasteiger partial charge is 0.293 e. The highest BCUT2D eigenvalue weighted by Gasteiger charge is 2.35. The molecule has 0 unspecified atom stereocenters. The number of halogens is 1. The van der Waals surface area contributed by atoms with Crippen molar-refractivity contribution in [1.82, 2.24) is 4.90 Å². The lowest BCUT2D eigenvalue weighted by Gasteiger charge is -2.13. The molecule has 0 aromatic heterocycles. The lowest BCUT2D eigenvalue weighted by molar-refractivity contribution is -0.123. The summed E-state index contributed by atoms with van der Waals surface area (Å²) in [7, 11) is 0. The van der Waals surface area contributed by atoms with Crippen molar-refractivity contribution in [2.45, 2.75) is 6.54 Å². The second-order valence-electron chi connectivity index (χ2n) is 5.65. The standard InChI is InChI=1S/C19H15ClN2O4S/c20-14-7-3-1-6-13(14)10-22-18(24)16(27-19(22)25)9-12-5-2-4-8-15(12)26-11-17(21)23/h1-9H,10-11H2,(H2,21,23)/b16-9+. The molecule has 3 amide bonds. The van der Waals surface area contributed by atoms with Gasteiger partial charge in [0.1, 0.15) is 5.75 Å². The molecule has 0 spiro atoms. The second kappa shape index (κ2) is 8.28. The van der Waals surface area contributed by atoms with Crippen LogP contribution in [0.25, 0.3) is 6.08 Å². The molecule has 3 rings (SSSR count). The Bertz CT molecular complexity index is 945. The van der Waals surface area contributed by atoms with Crippen LogP contribution in [0.1, 0.15) is 11.1 Å². The van der Waals surface area contributed by atoms with Crippen molar-refractivity contribution in [3.8, 4) is 5.75 Å². The normalized spacial score (nSPS) is 15.4. The van der Waals surface area contributed by atoms with Crippen molar-refractivity contribution >= 4 is 46.5 Å². The minimum Gasteiger partial charge on any atom is -0.483 e. The van der Waals surface area contributed by atoms with Crippen LogP contribution in [0.15, 0.2) is 53.4 Å². The molecule has 2 aromatic carbocycles. The van der Waals surface area contributed by atoms with Gasteiger partial charge in [-0.05, 0) is 35.5 Å². The zero-order valence-electron chi connectivity index (χ0n) is 14.1. The van der Waals surface area contributed by atoms with E-state index in [0.29, 0.717) is 21.9 Å². The van der Waals surface area contributed by atoms with E-state index < -0.39 is 11.8 Å². The third-order valence-electron chi connectivity index (χ3n) is 3.74. The summed E-state index contributed by atoms with van der Waals surface area (Å²) in [6, 6.07) is 13.9. The Labute approximate surface area is 164 Å². The zero-order chi connectivity index (χ0) is 19.4. The molecule has 1 fully saturated rings. The molecule has 2 aromatic rings. The predicted molar refractivity (Wildman–Crippen MR) is 104 cm³/mol. The quantitative estimate of drug-likeness (QED) is 0.747. The van der Waals surface area contributed by atoms with E-state index >= 15 is 0 Å². The Morgan fingerprint density at radius 3 is 2.59 bits per heavy atom. The molecule has 0 atom stereocenters. The van der Waals surface area contributed by atoms with Crippen molar-refractivity contribution in [3.05, 3.63) is 69.6 Å².